The number of rotatable bonds is 2. The monoisotopic (exact) mass is 351 g/mol. The highest BCUT2D eigenvalue weighted by Crippen LogP contribution is 2.31. The highest BCUT2D eigenvalue weighted by molar-refractivity contribution is 5.94. The number of para-hydroxylation sites is 1. The molecule has 0 spiro atoms. The van der Waals surface area contributed by atoms with Crippen molar-refractivity contribution in [1.29, 1.82) is 0 Å². The summed E-state index contributed by atoms with van der Waals surface area (Å²) in [6.07, 6.45) is 4.17. The van der Waals surface area contributed by atoms with E-state index >= 15 is 0 Å². The van der Waals surface area contributed by atoms with Gasteiger partial charge in [0.2, 0.25) is 11.9 Å². The van der Waals surface area contributed by atoms with Crippen molar-refractivity contribution in [1.82, 2.24) is 19.8 Å². The van der Waals surface area contributed by atoms with Gasteiger partial charge in [0.15, 0.2) is 0 Å². The third-order valence-corrected chi connectivity index (χ3v) is 5.03. The molecule has 26 heavy (non-hydrogen) atoms. The third-order valence-electron chi connectivity index (χ3n) is 5.03. The van der Waals surface area contributed by atoms with E-state index in [1.54, 1.807) is 29.1 Å². The quantitative estimate of drug-likeness (QED) is 0.820. The number of amides is 2. The largest absolute Gasteiger partial charge is 0.339 e. The van der Waals surface area contributed by atoms with Crippen molar-refractivity contribution >= 4 is 23.5 Å². The molecule has 0 saturated carbocycles. The maximum Gasteiger partial charge on any atom is 0.257 e. The van der Waals surface area contributed by atoms with Crippen LogP contribution in [0.25, 0.3) is 0 Å². The Labute approximate surface area is 152 Å². The molecular formula is C19H21N5O2. The van der Waals surface area contributed by atoms with E-state index in [2.05, 4.69) is 27.0 Å². The summed E-state index contributed by atoms with van der Waals surface area (Å²) < 4.78 is 0. The van der Waals surface area contributed by atoms with Crippen LogP contribution in [0.3, 0.4) is 0 Å². The van der Waals surface area contributed by atoms with E-state index < -0.39 is 0 Å². The number of carbonyl (C=O) groups is 2. The number of hydrogen-bond acceptors (Lipinski definition) is 5. The normalized spacial score (nSPS) is 16.6. The first kappa shape index (κ1) is 16.5. The summed E-state index contributed by atoms with van der Waals surface area (Å²) in [5, 5.41) is 0. The number of nitrogens with zero attached hydrogens (tertiary/aromatic N) is 5. The lowest BCUT2D eigenvalue weighted by Gasteiger charge is -2.34. The summed E-state index contributed by atoms with van der Waals surface area (Å²) in [6, 6.07) is 8.24. The first-order valence-electron chi connectivity index (χ1n) is 8.86. The molecule has 0 aliphatic carbocycles. The molecule has 2 aliphatic rings. The zero-order chi connectivity index (χ0) is 18.1. The zero-order valence-electron chi connectivity index (χ0n) is 14.8. The topological polar surface area (TPSA) is 69.6 Å². The number of benzene rings is 1. The summed E-state index contributed by atoms with van der Waals surface area (Å²) >= 11 is 0. The molecule has 0 N–H and O–H groups in total. The second-order valence-electron chi connectivity index (χ2n) is 6.60. The van der Waals surface area contributed by atoms with Crippen LogP contribution in [0.5, 0.6) is 0 Å². The number of hydrogen-bond donors (Lipinski definition) is 0. The highest BCUT2D eigenvalue weighted by atomic mass is 16.2. The van der Waals surface area contributed by atoms with Crippen molar-refractivity contribution < 1.29 is 9.59 Å². The minimum atomic E-state index is -0.0819. The molecule has 1 saturated heterocycles. The molecule has 1 aromatic carbocycles. The molecule has 0 unspecified atom stereocenters. The van der Waals surface area contributed by atoms with E-state index in [0.717, 1.165) is 18.7 Å². The Morgan fingerprint density at radius 1 is 0.923 bits per heavy atom. The van der Waals surface area contributed by atoms with E-state index in [9.17, 15) is 9.59 Å². The van der Waals surface area contributed by atoms with Crippen molar-refractivity contribution in [2.24, 2.45) is 0 Å². The lowest BCUT2D eigenvalue weighted by molar-refractivity contribution is -0.130. The van der Waals surface area contributed by atoms with Gasteiger partial charge in [-0.1, -0.05) is 18.2 Å². The Hall–Kier alpha value is -2.96. The van der Waals surface area contributed by atoms with Gasteiger partial charge in [0, 0.05) is 57.7 Å². The number of anilines is 2. The average molecular weight is 351 g/mol. The fourth-order valence-corrected chi connectivity index (χ4v) is 3.52. The fourth-order valence-electron chi connectivity index (χ4n) is 3.52. The summed E-state index contributed by atoms with van der Waals surface area (Å²) in [4.78, 5) is 38.5. The van der Waals surface area contributed by atoms with E-state index in [1.807, 2.05) is 12.1 Å². The van der Waals surface area contributed by atoms with Crippen LogP contribution in [0.1, 0.15) is 22.8 Å². The Balaban J connectivity index is 1.45. The smallest absolute Gasteiger partial charge is 0.257 e. The fraction of sp³-hybridized carbons (Fsp3) is 0.368. The molecule has 1 aromatic heterocycles. The number of carbonyl (C=O) groups excluding carboxylic acids is 2. The lowest BCUT2D eigenvalue weighted by Crippen LogP contribution is -2.50. The minimum Gasteiger partial charge on any atom is -0.339 e. The van der Waals surface area contributed by atoms with E-state index in [1.165, 1.54) is 5.56 Å². The molecular weight excluding hydrogens is 330 g/mol. The molecule has 4 rings (SSSR count). The molecule has 1 fully saturated rings. The van der Waals surface area contributed by atoms with Crippen molar-refractivity contribution in [3.8, 4) is 0 Å². The van der Waals surface area contributed by atoms with Crippen molar-refractivity contribution in [2.45, 2.75) is 13.3 Å². The second-order valence-corrected chi connectivity index (χ2v) is 6.60. The predicted molar refractivity (Wildman–Crippen MR) is 97.3 cm³/mol. The summed E-state index contributed by atoms with van der Waals surface area (Å²) in [6.45, 7) is 4.63. The van der Waals surface area contributed by atoms with Crippen LogP contribution in [-0.2, 0) is 11.2 Å². The van der Waals surface area contributed by atoms with Crippen molar-refractivity contribution in [2.75, 3.05) is 37.6 Å². The van der Waals surface area contributed by atoms with Gasteiger partial charge in [-0.2, -0.15) is 0 Å². The molecule has 134 valence electrons. The van der Waals surface area contributed by atoms with Gasteiger partial charge in [0.25, 0.3) is 5.91 Å². The van der Waals surface area contributed by atoms with Crippen LogP contribution in [-0.4, -0.2) is 64.3 Å². The van der Waals surface area contributed by atoms with Gasteiger partial charge in [-0.05, 0) is 18.1 Å². The number of piperazine rings is 1. The Kier molecular flexibility index (Phi) is 4.28. The van der Waals surface area contributed by atoms with Crippen LogP contribution in [0.4, 0.5) is 11.6 Å². The molecule has 0 bridgehead atoms. The maximum atomic E-state index is 12.6. The van der Waals surface area contributed by atoms with Gasteiger partial charge in [-0.3, -0.25) is 9.59 Å². The standard InChI is InChI=1S/C19H21N5O2/c1-14(25)22-8-10-23(11-9-22)18(26)16-12-20-19(21-13-16)24-7-6-15-4-2-3-5-17(15)24/h2-5,12-13H,6-11H2,1H3. The van der Waals surface area contributed by atoms with Crippen LogP contribution < -0.4 is 4.90 Å². The third kappa shape index (κ3) is 3.00. The van der Waals surface area contributed by atoms with Gasteiger partial charge in [-0.25, -0.2) is 9.97 Å². The van der Waals surface area contributed by atoms with Crippen LogP contribution in [0.2, 0.25) is 0 Å². The van der Waals surface area contributed by atoms with Crippen LogP contribution in [0, 0.1) is 0 Å². The van der Waals surface area contributed by atoms with Gasteiger partial charge in [-0.15, -0.1) is 0 Å². The SMILES string of the molecule is CC(=O)N1CCN(C(=O)c2cnc(N3CCc4ccccc43)nc2)CC1. The van der Waals surface area contributed by atoms with E-state index in [0.29, 0.717) is 37.7 Å². The Morgan fingerprint density at radius 3 is 2.27 bits per heavy atom. The first-order valence-corrected chi connectivity index (χ1v) is 8.86. The van der Waals surface area contributed by atoms with Gasteiger partial charge < -0.3 is 14.7 Å². The zero-order valence-corrected chi connectivity index (χ0v) is 14.8. The molecule has 7 nitrogen and oxygen atoms in total. The molecule has 2 aliphatic heterocycles. The molecule has 7 heteroatoms. The summed E-state index contributed by atoms with van der Waals surface area (Å²) in [5.41, 5.74) is 2.91. The second kappa shape index (κ2) is 6.74. The Morgan fingerprint density at radius 2 is 1.58 bits per heavy atom. The van der Waals surface area contributed by atoms with Crippen molar-refractivity contribution in [3.63, 3.8) is 0 Å². The first-order chi connectivity index (χ1) is 12.6. The van der Waals surface area contributed by atoms with Crippen LogP contribution in [0.15, 0.2) is 36.7 Å². The van der Waals surface area contributed by atoms with E-state index in [4.69, 9.17) is 0 Å². The van der Waals surface area contributed by atoms with Crippen molar-refractivity contribution in [3.05, 3.63) is 47.8 Å². The lowest BCUT2D eigenvalue weighted by atomic mass is 10.2. The molecule has 3 heterocycles. The molecule has 0 atom stereocenters. The number of fused-ring (bicyclic) bond motifs is 1. The average Bonchev–Trinajstić information content (AvgIpc) is 3.12. The molecule has 0 radical (unpaired) electrons. The number of aromatic nitrogens is 2. The summed E-state index contributed by atoms with van der Waals surface area (Å²) in [5.74, 6) is 0.588. The summed E-state index contributed by atoms with van der Waals surface area (Å²) in [7, 11) is 0. The van der Waals surface area contributed by atoms with Gasteiger partial charge in [0.05, 0.1) is 5.56 Å². The Bertz CT molecular complexity index is 828. The molecule has 2 amide bonds. The van der Waals surface area contributed by atoms with Gasteiger partial charge >= 0.3 is 0 Å². The maximum absolute atomic E-state index is 12.6. The predicted octanol–water partition coefficient (Wildman–Crippen LogP) is 1.48. The van der Waals surface area contributed by atoms with Crippen LogP contribution >= 0.6 is 0 Å². The molecule has 2 aromatic rings. The van der Waals surface area contributed by atoms with E-state index in [-0.39, 0.29) is 11.8 Å². The minimum absolute atomic E-state index is 0.0516. The van der Waals surface area contributed by atoms with Gasteiger partial charge in [0.1, 0.15) is 0 Å². The highest BCUT2D eigenvalue weighted by Gasteiger charge is 2.25.